The SMILES string of the molecule is CCc1nc(N2CCc3cccc(C(=O)Nc4nc5ccccc5s4)c3C2)ccc1-c1cnn(CC2(CCC(=O)O)CCCCC2)c1C. The van der Waals surface area contributed by atoms with Crippen LogP contribution in [0.4, 0.5) is 10.9 Å². The average Bonchev–Trinajstić information content (AvgIpc) is 3.68. The third-order valence-electron chi connectivity index (χ3n) is 10.3. The standard InChI is InChI=1S/C38H42N6O3S/c1-3-31-27(29-22-39-44(25(29)2)24-38(20-16-35(45)46)18-7-4-8-19-38)14-15-34(40-31)43-21-17-26-10-9-11-28(30(26)23-43)36(47)42-37-41-32-12-5-6-13-33(32)48-37/h5-6,9-15,22H,3-4,7-8,16-21,23-24H2,1-2H3,(H,45,46)(H,41,42,47). The number of amides is 1. The highest BCUT2D eigenvalue weighted by atomic mass is 32.1. The molecule has 7 rings (SSSR count). The highest BCUT2D eigenvalue weighted by Gasteiger charge is 2.34. The van der Waals surface area contributed by atoms with Crippen molar-refractivity contribution in [2.24, 2.45) is 5.41 Å². The van der Waals surface area contributed by atoms with Crippen molar-refractivity contribution < 1.29 is 14.7 Å². The third kappa shape index (κ3) is 6.45. The molecule has 1 fully saturated rings. The van der Waals surface area contributed by atoms with Crippen LogP contribution in [0, 0.1) is 12.3 Å². The Kier molecular flexibility index (Phi) is 9.00. The molecule has 1 saturated carbocycles. The Morgan fingerprint density at radius 3 is 2.62 bits per heavy atom. The summed E-state index contributed by atoms with van der Waals surface area (Å²) in [6.07, 6.45) is 10.1. The predicted octanol–water partition coefficient (Wildman–Crippen LogP) is 8.06. The second-order valence-electron chi connectivity index (χ2n) is 13.3. The molecule has 1 aliphatic heterocycles. The molecule has 10 heteroatoms. The number of fused-ring (bicyclic) bond motifs is 2. The first-order valence-corrected chi connectivity index (χ1v) is 17.9. The van der Waals surface area contributed by atoms with E-state index in [1.54, 1.807) is 0 Å². The van der Waals surface area contributed by atoms with Crippen LogP contribution in [0.15, 0.2) is 60.8 Å². The van der Waals surface area contributed by atoms with Crippen molar-refractivity contribution in [1.29, 1.82) is 0 Å². The normalized spacial score (nSPS) is 15.8. The van der Waals surface area contributed by atoms with Crippen LogP contribution in [0.1, 0.15) is 84.7 Å². The lowest BCUT2D eigenvalue weighted by atomic mass is 9.71. The quantitative estimate of drug-likeness (QED) is 0.156. The Balaban J connectivity index is 1.11. The maximum atomic E-state index is 13.5. The number of hydrogen-bond donors (Lipinski definition) is 2. The van der Waals surface area contributed by atoms with Gasteiger partial charge in [0, 0.05) is 48.4 Å². The van der Waals surface area contributed by atoms with E-state index in [0.29, 0.717) is 23.7 Å². The maximum absolute atomic E-state index is 13.5. The summed E-state index contributed by atoms with van der Waals surface area (Å²) >= 11 is 1.48. The van der Waals surface area contributed by atoms with E-state index in [1.807, 2.05) is 42.6 Å². The molecule has 1 aliphatic carbocycles. The van der Waals surface area contributed by atoms with Gasteiger partial charge in [-0.2, -0.15) is 5.10 Å². The molecule has 0 saturated heterocycles. The Morgan fingerprint density at radius 1 is 1.00 bits per heavy atom. The van der Waals surface area contributed by atoms with Crippen LogP contribution in [-0.4, -0.2) is 43.3 Å². The van der Waals surface area contributed by atoms with Crippen LogP contribution in [0.3, 0.4) is 0 Å². The predicted molar refractivity (Wildman–Crippen MR) is 191 cm³/mol. The molecule has 5 aromatic rings. The molecule has 48 heavy (non-hydrogen) atoms. The molecule has 0 spiro atoms. The van der Waals surface area contributed by atoms with Gasteiger partial charge in [-0.05, 0) is 85.9 Å². The Bertz CT molecular complexity index is 1940. The number of carbonyl (C=O) groups excluding carboxylic acids is 1. The third-order valence-corrected chi connectivity index (χ3v) is 11.3. The fourth-order valence-electron chi connectivity index (χ4n) is 7.61. The minimum absolute atomic E-state index is 0.0188. The zero-order chi connectivity index (χ0) is 33.3. The Labute approximate surface area is 285 Å². The number of aryl methyl sites for hydroxylation is 1. The molecule has 0 radical (unpaired) electrons. The molecule has 2 aromatic carbocycles. The van der Waals surface area contributed by atoms with Gasteiger partial charge in [0.2, 0.25) is 0 Å². The van der Waals surface area contributed by atoms with Gasteiger partial charge in [0.1, 0.15) is 5.82 Å². The first kappa shape index (κ1) is 32.0. The molecule has 9 nitrogen and oxygen atoms in total. The number of thiazole rings is 1. The molecule has 0 bridgehead atoms. The summed E-state index contributed by atoms with van der Waals surface area (Å²) in [4.78, 5) is 37.0. The second-order valence-corrected chi connectivity index (χ2v) is 14.4. The number of anilines is 2. The van der Waals surface area contributed by atoms with Gasteiger partial charge in [0.25, 0.3) is 5.91 Å². The largest absolute Gasteiger partial charge is 0.481 e. The number of carboxylic acid groups (broad SMARTS) is 1. The van der Waals surface area contributed by atoms with Crippen molar-refractivity contribution in [2.45, 2.75) is 84.7 Å². The Hall–Kier alpha value is -4.57. The molecule has 2 aliphatic rings. The van der Waals surface area contributed by atoms with Crippen molar-refractivity contribution >= 4 is 44.4 Å². The summed E-state index contributed by atoms with van der Waals surface area (Å²) in [5.74, 6) is 0.0380. The monoisotopic (exact) mass is 662 g/mol. The van der Waals surface area contributed by atoms with E-state index in [2.05, 4.69) is 51.9 Å². The number of nitrogens with zero attached hydrogens (tertiary/aromatic N) is 5. The number of pyridine rings is 1. The molecule has 2 N–H and O–H groups in total. The first-order chi connectivity index (χ1) is 23.3. The summed E-state index contributed by atoms with van der Waals surface area (Å²) < 4.78 is 3.14. The van der Waals surface area contributed by atoms with E-state index < -0.39 is 5.97 Å². The van der Waals surface area contributed by atoms with Gasteiger partial charge in [0.15, 0.2) is 5.13 Å². The molecule has 4 heterocycles. The van der Waals surface area contributed by atoms with Crippen LogP contribution < -0.4 is 10.2 Å². The summed E-state index contributed by atoms with van der Waals surface area (Å²) in [5.41, 5.74) is 8.03. The number of aromatic nitrogens is 4. The van der Waals surface area contributed by atoms with Gasteiger partial charge >= 0.3 is 5.97 Å². The highest BCUT2D eigenvalue weighted by Crippen LogP contribution is 2.42. The number of carbonyl (C=O) groups is 2. The zero-order valence-electron chi connectivity index (χ0n) is 27.7. The van der Waals surface area contributed by atoms with E-state index in [4.69, 9.17) is 10.1 Å². The van der Waals surface area contributed by atoms with E-state index in [1.165, 1.54) is 23.3 Å². The smallest absolute Gasteiger partial charge is 0.303 e. The van der Waals surface area contributed by atoms with Gasteiger partial charge in [-0.1, -0.05) is 61.8 Å². The van der Waals surface area contributed by atoms with E-state index in [-0.39, 0.29) is 17.7 Å². The molecule has 3 aromatic heterocycles. The number of para-hydroxylation sites is 1. The van der Waals surface area contributed by atoms with Gasteiger partial charge in [-0.15, -0.1) is 0 Å². The number of hydrogen-bond acceptors (Lipinski definition) is 7. The number of rotatable bonds is 10. The minimum Gasteiger partial charge on any atom is -0.481 e. The lowest BCUT2D eigenvalue weighted by Crippen LogP contribution is -2.33. The molecule has 0 unspecified atom stereocenters. The fraction of sp³-hybridized carbons (Fsp3) is 0.395. The highest BCUT2D eigenvalue weighted by molar-refractivity contribution is 7.22. The van der Waals surface area contributed by atoms with Crippen molar-refractivity contribution in [2.75, 3.05) is 16.8 Å². The van der Waals surface area contributed by atoms with Crippen LogP contribution in [-0.2, 0) is 30.7 Å². The summed E-state index contributed by atoms with van der Waals surface area (Å²) in [6.45, 7) is 6.42. The number of benzene rings is 2. The van der Waals surface area contributed by atoms with Gasteiger partial charge in [-0.3, -0.25) is 19.6 Å². The van der Waals surface area contributed by atoms with E-state index >= 15 is 0 Å². The van der Waals surface area contributed by atoms with Crippen molar-refractivity contribution in [3.63, 3.8) is 0 Å². The summed E-state index contributed by atoms with van der Waals surface area (Å²) in [5, 5.41) is 17.9. The molecular formula is C38H42N6O3S. The number of carboxylic acids is 1. The summed E-state index contributed by atoms with van der Waals surface area (Å²) in [7, 11) is 0. The van der Waals surface area contributed by atoms with Crippen molar-refractivity contribution in [1.82, 2.24) is 19.7 Å². The van der Waals surface area contributed by atoms with Crippen LogP contribution in [0.25, 0.3) is 21.3 Å². The van der Waals surface area contributed by atoms with E-state index in [9.17, 15) is 14.7 Å². The van der Waals surface area contributed by atoms with Crippen LogP contribution >= 0.6 is 11.3 Å². The zero-order valence-corrected chi connectivity index (χ0v) is 28.5. The van der Waals surface area contributed by atoms with Gasteiger partial charge in [0.05, 0.1) is 22.1 Å². The fourth-order valence-corrected chi connectivity index (χ4v) is 8.47. The van der Waals surface area contributed by atoms with Gasteiger partial charge in [-0.25, -0.2) is 9.97 Å². The van der Waals surface area contributed by atoms with Crippen molar-refractivity contribution in [3.05, 3.63) is 88.9 Å². The van der Waals surface area contributed by atoms with Crippen LogP contribution in [0.2, 0.25) is 0 Å². The Morgan fingerprint density at radius 2 is 1.83 bits per heavy atom. The van der Waals surface area contributed by atoms with Crippen molar-refractivity contribution in [3.8, 4) is 11.1 Å². The molecule has 0 atom stereocenters. The minimum atomic E-state index is -0.724. The topological polar surface area (TPSA) is 113 Å². The average molecular weight is 663 g/mol. The molecular weight excluding hydrogens is 621 g/mol. The maximum Gasteiger partial charge on any atom is 0.303 e. The number of aliphatic carboxylic acids is 1. The molecule has 248 valence electrons. The van der Waals surface area contributed by atoms with E-state index in [0.717, 1.165) is 95.7 Å². The number of nitrogens with one attached hydrogen (secondary N) is 1. The molecule has 1 amide bonds. The summed E-state index contributed by atoms with van der Waals surface area (Å²) in [6, 6.07) is 18.1. The van der Waals surface area contributed by atoms with Crippen LogP contribution in [0.5, 0.6) is 0 Å². The van der Waals surface area contributed by atoms with Gasteiger partial charge < -0.3 is 10.0 Å². The lowest BCUT2D eigenvalue weighted by molar-refractivity contribution is -0.138. The second kappa shape index (κ2) is 13.5. The first-order valence-electron chi connectivity index (χ1n) is 17.1. The lowest BCUT2D eigenvalue weighted by Gasteiger charge is -2.37.